The summed E-state index contributed by atoms with van der Waals surface area (Å²) in [7, 11) is 3.27. The van der Waals surface area contributed by atoms with Crippen LogP contribution in [0.1, 0.15) is 12.5 Å². The van der Waals surface area contributed by atoms with E-state index in [2.05, 4.69) is 41.1 Å². The summed E-state index contributed by atoms with van der Waals surface area (Å²) >= 11 is 0. The molecule has 5 heteroatoms. The van der Waals surface area contributed by atoms with Gasteiger partial charge in [0, 0.05) is 23.5 Å². The number of hydrogen-bond acceptors (Lipinski definition) is 5. The van der Waals surface area contributed by atoms with Crippen LogP contribution in [-0.2, 0) is 6.42 Å². The fourth-order valence-electron chi connectivity index (χ4n) is 3.49. The van der Waals surface area contributed by atoms with Crippen LogP contribution in [0.15, 0.2) is 54.7 Å². The smallest absolute Gasteiger partial charge is 0.230 e. The van der Waals surface area contributed by atoms with E-state index in [-0.39, 0.29) is 0 Å². The number of para-hydroxylation sites is 1. The predicted molar refractivity (Wildman–Crippen MR) is 102 cm³/mol. The van der Waals surface area contributed by atoms with Crippen molar-refractivity contribution in [3.05, 3.63) is 60.3 Å². The van der Waals surface area contributed by atoms with Crippen LogP contribution in [-0.4, -0.2) is 30.2 Å². The predicted octanol–water partition coefficient (Wildman–Crippen LogP) is 4.24. The average Bonchev–Trinajstić information content (AvgIpc) is 3.03. The molecule has 2 heterocycles. The highest BCUT2D eigenvalue weighted by Crippen LogP contribution is 2.37. The molecule has 0 spiro atoms. The molecular weight excluding hydrogens is 326 g/mol. The lowest BCUT2D eigenvalue weighted by atomic mass is 10.1. The molecule has 1 aromatic heterocycles. The molecule has 132 valence electrons. The van der Waals surface area contributed by atoms with Gasteiger partial charge in [0.2, 0.25) is 5.95 Å². The molecule has 2 aromatic carbocycles. The zero-order valence-electron chi connectivity index (χ0n) is 15.1. The van der Waals surface area contributed by atoms with Crippen LogP contribution in [0, 0.1) is 0 Å². The van der Waals surface area contributed by atoms with E-state index < -0.39 is 0 Å². The summed E-state index contributed by atoms with van der Waals surface area (Å²) in [4.78, 5) is 11.6. The van der Waals surface area contributed by atoms with Crippen molar-refractivity contribution >= 4 is 11.6 Å². The lowest BCUT2D eigenvalue weighted by molar-refractivity contribution is 0.355. The molecule has 1 atom stereocenters. The van der Waals surface area contributed by atoms with Crippen molar-refractivity contribution in [2.45, 2.75) is 19.4 Å². The van der Waals surface area contributed by atoms with Crippen LogP contribution in [0.3, 0.4) is 0 Å². The van der Waals surface area contributed by atoms with Gasteiger partial charge in [-0.1, -0.05) is 18.2 Å². The molecule has 3 aromatic rings. The molecule has 0 amide bonds. The Kier molecular flexibility index (Phi) is 4.21. The first kappa shape index (κ1) is 16.4. The van der Waals surface area contributed by atoms with E-state index in [1.54, 1.807) is 14.2 Å². The highest BCUT2D eigenvalue weighted by molar-refractivity contribution is 5.70. The highest BCUT2D eigenvalue weighted by Gasteiger charge is 2.28. The molecule has 5 nitrogen and oxygen atoms in total. The van der Waals surface area contributed by atoms with Crippen molar-refractivity contribution in [1.82, 2.24) is 9.97 Å². The van der Waals surface area contributed by atoms with Crippen LogP contribution >= 0.6 is 0 Å². The summed E-state index contributed by atoms with van der Waals surface area (Å²) < 4.78 is 10.7. The minimum absolute atomic E-state index is 0.327. The van der Waals surface area contributed by atoms with Crippen LogP contribution in [0.25, 0.3) is 11.3 Å². The molecule has 0 N–H and O–H groups in total. The Morgan fingerprint density at radius 3 is 2.62 bits per heavy atom. The first-order chi connectivity index (χ1) is 12.7. The second-order valence-corrected chi connectivity index (χ2v) is 6.36. The van der Waals surface area contributed by atoms with E-state index in [0.717, 1.165) is 23.6 Å². The Morgan fingerprint density at radius 2 is 1.81 bits per heavy atom. The number of aromatic nitrogens is 2. The van der Waals surface area contributed by atoms with Crippen molar-refractivity contribution in [2.75, 3.05) is 19.1 Å². The fraction of sp³-hybridized carbons (Fsp3) is 0.238. The largest absolute Gasteiger partial charge is 0.493 e. The van der Waals surface area contributed by atoms with Gasteiger partial charge in [-0.2, -0.15) is 0 Å². The second-order valence-electron chi connectivity index (χ2n) is 6.36. The van der Waals surface area contributed by atoms with Crippen molar-refractivity contribution in [2.24, 2.45) is 0 Å². The van der Waals surface area contributed by atoms with Crippen molar-refractivity contribution in [3.8, 4) is 22.8 Å². The number of fused-ring (bicyclic) bond motifs is 1. The normalized spacial score (nSPS) is 15.7. The summed E-state index contributed by atoms with van der Waals surface area (Å²) in [6.45, 7) is 2.20. The molecule has 0 fully saturated rings. The van der Waals surface area contributed by atoms with E-state index in [4.69, 9.17) is 14.5 Å². The van der Waals surface area contributed by atoms with Crippen molar-refractivity contribution in [1.29, 1.82) is 0 Å². The van der Waals surface area contributed by atoms with E-state index in [0.29, 0.717) is 17.5 Å². The minimum Gasteiger partial charge on any atom is -0.493 e. The molecule has 0 bridgehead atoms. The molecule has 4 rings (SSSR count). The van der Waals surface area contributed by atoms with E-state index in [1.165, 1.54) is 11.3 Å². The van der Waals surface area contributed by atoms with Gasteiger partial charge in [0.05, 0.1) is 19.9 Å². The standard InChI is InChI=1S/C21H21N3O2/c1-14-12-16-6-4-5-7-18(16)24(14)21-22-11-10-17(23-21)15-8-9-19(25-2)20(13-15)26-3/h4-11,13-14H,12H2,1-3H3. The first-order valence-electron chi connectivity index (χ1n) is 8.64. The average molecular weight is 347 g/mol. The second kappa shape index (κ2) is 6.67. The SMILES string of the molecule is COc1ccc(-c2ccnc(N3c4ccccc4CC3C)n2)cc1OC. The third-order valence-electron chi connectivity index (χ3n) is 4.74. The number of benzene rings is 2. The summed E-state index contributed by atoms with van der Waals surface area (Å²) in [5, 5.41) is 0. The quantitative estimate of drug-likeness (QED) is 0.706. The van der Waals surface area contributed by atoms with Gasteiger partial charge in [0.1, 0.15) is 0 Å². The van der Waals surface area contributed by atoms with Crippen LogP contribution < -0.4 is 14.4 Å². The van der Waals surface area contributed by atoms with Crippen molar-refractivity contribution in [3.63, 3.8) is 0 Å². The number of anilines is 2. The number of rotatable bonds is 4. The molecule has 0 aliphatic carbocycles. The van der Waals surface area contributed by atoms with E-state index in [9.17, 15) is 0 Å². The van der Waals surface area contributed by atoms with Gasteiger partial charge in [0.25, 0.3) is 0 Å². The van der Waals surface area contributed by atoms with E-state index >= 15 is 0 Å². The molecule has 1 unspecified atom stereocenters. The molecule has 0 saturated heterocycles. The summed E-state index contributed by atoms with van der Waals surface area (Å²) in [6.07, 6.45) is 2.81. The third kappa shape index (κ3) is 2.75. The van der Waals surface area contributed by atoms with Gasteiger partial charge in [-0.05, 0) is 49.2 Å². The number of hydrogen-bond donors (Lipinski definition) is 0. The van der Waals surface area contributed by atoms with Crippen LogP contribution in [0.4, 0.5) is 11.6 Å². The molecule has 0 radical (unpaired) electrons. The maximum absolute atomic E-state index is 5.41. The maximum Gasteiger partial charge on any atom is 0.230 e. The van der Waals surface area contributed by atoms with Crippen LogP contribution in [0.2, 0.25) is 0 Å². The fourth-order valence-corrected chi connectivity index (χ4v) is 3.49. The molecule has 0 saturated carbocycles. The third-order valence-corrected chi connectivity index (χ3v) is 4.74. The lowest BCUT2D eigenvalue weighted by Crippen LogP contribution is -2.25. The maximum atomic E-state index is 5.41. The Bertz CT molecular complexity index is 942. The van der Waals surface area contributed by atoms with E-state index in [1.807, 2.05) is 30.5 Å². The Labute approximate surface area is 153 Å². The van der Waals surface area contributed by atoms with Gasteiger partial charge in [0.15, 0.2) is 11.5 Å². The molecular formula is C21H21N3O2. The topological polar surface area (TPSA) is 47.5 Å². The lowest BCUT2D eigenvalue weighted by Gasteiger charge is -2.23. The Morgan fingerprint density at radius 1 is 1.00 bits per heavy atom. The van der Waals surface area contributed by atoms with Gasteiger partial charge in [-0.25, -0.2) is 9.97 Å². The van der Waals surface area contributed by atoms with Gasteiger partial charge in [-0.3, -0.25) is 0 Å². The summed E-state index contributed by atoms with van der Waals surface area (Å²) in [5.74, 6) is 2.10. The first-order valence-corrected chi connectivity index (χ1v) is 8.64. The zero-order valence-corrected chi connectivity index (χ0v) is 15.1. The number of nitrogens with zero attached hydrogens (tertiary/aromatic N) is 3. The van der Waals surface area contributed by atoms with Crippen molar-refractivity contribution < 1.29 is 9.47 Å². The Balaban J connectivity index is 1.74. The molecule has 1 aliphatic heterocycles. The summed E-state index contributed by atoms with van der Waals surface area (Å²) in [6, 6.07) is 16.5. The monoisotopic (exact) mass is 347 g/mol. The van der Waals surface area contributed by atoms with Gasteiger partial charge < -0.3 is 14.4 Å². The Hall–Kier alpha value is -3.08. The highest BCUT2D eigenvalue weighted by atomic mass is 16.5. The molecule has 26 heavy (non-hydrogen) atoms. The zero-order chi connectivity index (χ0) is 18.1. The molecule has 1 aliphatic rings. The number of methoxy groups -OCH3 is 2. The van der Waals surface area contributed by atoms with Gasteiger partial charge >= 0.3 is 0 Å². The number of ether oxygens (including phenoxy) is 2. The van der Waals surface area contributed by atoms with Gasteiger partial charge in [-0.15, -0.1) is 0 Å². The minimum atomic E-state index is 0.327. The summed E-state index contributed by atoms with van der Waals surface area (Å²) in [5.41, 5.74) is 4.34. The van der Waals surface area contributed by atoms with Crippen LogP contribution in [0.5, 0.6) is 11.5 Å².